The molecule has 1 heteroatoms. The predicted molar refractivity (Wildman–Crippen MR) is 60.1 cm³/mol. The Bertz CT molecular complexity index is 332. The molecule has 0 aromatic heterocycles. The van der Waals surface area contributed by atoms with Gasteiger partial charge in [-0.1, -0.05) is 44.5 Å². The van der Waals surface area contributed by atoms with E-state index in [1.807, 2.05) is 0 Å². The van der Waals surface area contributed by atoms with Gasteiger partial charge in [-0.05, 0) is 29.9 Å². The third kappa shape index (κ3) is 1.36. The van der Waals surface area contributed by atoms with Crippen molar-refractivity contribution in [2.45, 2.75) is 38.6 Å². The van der Waals surface area contributed by atoms with Crippen LogP contribution < -0.4 is 5.73 Å². The van der Waals surface area contributed by atoms with Crippen LogP contribution >= 0.6 is 0 Å². The summed E-state index contributed by atoms with van der Waals surface area (Å²) in [7, 11) is 0. The average molecular weight is 189 g/mol. The fourth-order valence-corrected chi connectivity index (χ4v) is 2.47. The topological polar surface area (TPSA) is 26.0 Å². The highest BCUT2D eigenvalue weighted by Gasteiger charge is 2.51. The summed E-state index contributed by atoms with van der Waals surface area (Å²) >= 11 is 0. The van der Waals surface area contributed by atoms with Crippen LogP contribution in [-0.2, 0) is 12.0 Å². The maximum Gasteiger partial charge on any atom is 0.0445 e. The Hall–Kier alpha value is -0.820. The maximum absolute atomic E-state index is 6.40. The largest absolute Gasteiger partial charge is 0.321 e. The second kappa shape index (κ2) is 3.39. The second-order valence-corrected chi connectivity index (χ2v) is 4.36. The average Bonchev–Trinajstić information content (AvgIpc) is 2.91. The molecule has 0 amide bonds. The number of nitrogens with two attached hydrogens (primary N) is 1. The molecule has 0 heterocycles. The van der Waals surface area contributed by atoms with E-state index >= 15 is 0 Å². The van der Waals surface area contributed by atoms with Gasteiger partial charge in [-0.3, -0.25) is 0 Å². The van der Waals surface area contributed by atoms with Crippen LogP contribution in [0.3, 0.4) is 0 Å². The molecule has 2 atom stereocenters. The van der Waals surface area contributed by atoms with Gasteiger partial charge in [0, 0.05) is 5.54 Å². The Morgan fingerprint density at radius 2 is 2.07 bits per heavy atom. The molecule has 1 aliphatic carbocycles. The number of hydrogen-bond donors (Lipinski definition) is 1. The predicted octanol–water partition coefficient (Wildman–Crippen LogP) is 2.83. The van der Waals surface area contributed by atoms with Gasteiger partial charge < -0.3 is 5.73 Å². The molecule has 14 heavy (non-hydrogen) atoms. The summed E-state index contributed by atoms with van der Waals surface area (Å²) in [5.74, 6) is 0.704. The lowest BCUT2D eigenvalue weighted by molar-refractivity contribution is 0.610. The molecule has 2 N–H and O–H groups in total. The number of rotatable bonds is 3. The summed E-state index contributed by atoms with van der Waals surface area (Å²) in [6, 6.07) is 8.62. The molecule has 2 unspecified atom stereocenters. The highest BCUT2D eigenvalue weighted by Crippen LogP contribution is 2.52. The Labute approximate surface area is 86.3 Å². The van der Waals surface area contributed by atoms with Crippen LogP contribution in [0.25, 0.3) is 0 Å². The van der Waals surface area contributed by atoms with E-state index in [-0.39, 0.29) is 5.54 Å². The van der Waals surface area contributed by atoms with Crippen LogP contribution in [0.1, 0.15) is 37.8 Å². The molecule has 1 aromatic carbocycles. The van der Waals surface area contributed by atoms with Crippen LogP contribution in [0.4, 0.5) is 0 Å². The SMILES string of the molecule is CCc1ccccc1C1(N)CC1CC. The first kappa shape index (κ1) is 9.72. The molecule has 0 spiro atoms. The fraction of sp³-hybridized carbons (Fsp3) is 0.538. The molecule has 0 aliphatic heterocycles. The van der Waals surface area contributed by atoms with Crippen molar-refractivity contribution >= 4 is 0 Å². The van der Waals surface area contributed by atoms with Crippen molar-refractivity contribution in [1.82, 2.24) is 0 Å². The summed E-state index contributed by atoms with van der Waals surface area (Å²) in [6.45, 7) is 4.43. The lowest BCUT2D eigenvalue weighted by atomic mass is 9.95. The van der Waals surface area contributed by atoms with Crippen molar-refractivity contribution in [2.24, 2.45) is 11.7 Å². The van der Waals surface area contributed by atoms with Crippen molar-refractivity contribution in [3.05, 3.63) is 35.4 Å². The zero-order chi connectivity index (χ0) is 10.2. The van der Waals surface area contributed by atoms with Crippen molar-refractivity contribution in [1.29, 1.82) is 0 Å². The van der Waals surface area contributed by atoms with Gasteiger partial charge in [0.15, 0.2) is 0 Å². The first-order valence-electron chi connectivity index (χ1n) is 5.59. The normalized spacial score (nSPS) is 30.4. The first-order valence-corrected chi connectivity index (χ1v) is 5.59. The van der Waals surface area contributed by atoms with E-state index in [4.69, 9.17) is 5.73 Å². The van der Waals surface area contributed by atoms with E-state index < -0.39 is 0 Å². The summed E-state index contributed by atoms with van der Waals surface area (Å²) in [4.78, 5) is 0. The number of benzene rings is 1. The minimum Gasteiger partial charge on any atom is -0.321 e. The monoisotopic (exact) mass is 189 g/mol. The second-order valence-electron chi connectivity index (χ2n) is 4.36. The molecular formula is C13H19N. The molecule has 1 aliphatic rings. The van der Waals surface area contributed by atoms with Gasteiger partial charge in [0.25, 0.3) is 0 Å². The number of aryl methyl sites for hydroxylation is 1. The van der Waals surface area contributed by atoms with Crippen molar-refractivity contribution < 1.29 is 0 Å². The van der Waals surface area contributed by atoms with E-state index in [0.717, 1.165) is 6.42 Å². The lowest BCUT2D eigenvalue weighted by Gasteiger charge is -2.15. The molecule has 76 valence electrons. The van der Waals surface area contributed by atoms with Gasteiger partial charge in [0.2, 0.25) is 0 Å². The minimum absolute atomic E-state index is 0.00134. The quantitative estimate of drug-likeness (QED) is 0.777. The number of hydrogen-bond acceptors (Lipinski definition) is 1. The van der Waals surface area contributed by atoms with Crippen LogP contribution in [-0.4, -0.2) is 0 Å². The van der Waals surface area contributed by atoms with E-state index in [9.17, 15) is 0 Å². The molecule has 0 saturated heterocycles. The zero-order valence-electron chi connectivity index (χ0n) is 9.09. The van der Waals surface area contributed by atoms with E-state index in [1.54, 1.807) is 0 Å². The Kier molecular flexibility index (Phi) is 2.36. The third-order valence-corrected chi connectivity index (χ3v) is 3.55. The first-order chi connectivity index (χ1) is 6.72. The molecular weight excluding hydrogens is 170 g/mol. The summed E-state index contributed by atoms with van der Waals surface area (Å²) < 4.78 is 0. The van der Waals surface area contributed by atoms with Gasteiger partial charge in [-0.15, -0.1) is 0 Å². The van der Waals surface area contributed by atoms with Crippen LogP contribution in [0.2, 0.25) is 0 Å². The van der Waals surface area contributed by atoms with Crippen LogP contribution in [0.5, 0.6) is 0 Å². The van der Waals surface area contributed by atoms with Gasteiger partial charge in [-0.2, -0.15) is 0 Å². The summed E-state index contributed by atoms with van der Waals surface area (Å²) in [5.41, 5.74) is 9.21. The van der Waals surface area contributed by atoms with Gasteiger partial charge >= 0.3 is 0 Å². The van der Waals surface area contributed by atoms with Crippen LogP contribution in [0.15, 0.2) is 24.3 Å². The molecule has 0 radical (unpaired) electrons. The van der Waals surface area contributed by atoms with Crippen molar-refractivity contribution in [2.75, 3.05) is 0 Å². The molecule has 0 bridgehead atoms. The molecule has 2 rings (SSSR count). The third-order valence-electron chi connectivity index (χ3n) is 3.55. The van der Waals surface area contributed by atoms with E-state index in [1.165, 1.54) is 24.0 Å². The fourth-order valence-electron chi connectivity index (χ4n) is 2.47. The Morgan fingerprint density at radius 3 is 2.64 bits per heavy atom. The van der Waals surface area contributed by atoms with E-state index in [0.29, 0.717) is 5.92 Å². The standard InChI is InChI=1S/C13H19N/c1-3-10-7-5-6-8-12(10)13(14)9-11(13)4-2/h5-8,11H,3-4,9,14H2,1-2H3. The minimum atomic E-state index is 0.00134. The van der Waals surface area contributed by atoms with E-state index in [2.05, 4.69) is 38.1 Å². The highest BCUT2D eigenvalue weighted by molar-refractivity contribution is 5.38. The maximum atomic E-state index is 6.40. The lowest BCUT2D eigenvalue weighted by Crippen LogP contribution is -2.23. The van der Waals surface area contributed by atoms with Crippen molar-refractivity contribution in [3.8, 4) is 0 Å². The van der Waals surface area contributed by atoms with Crippen LogP contribution in [0, 0.1) is 5.92 Å². The zero-order valence-corrected chi connectivity index (χ0v) is 9.09. The van der Waals surface area contributed by atoms with Gasteiger partial charge in [0.1, 0.15) is 0 Å². The van der Waals surface area contributed by atoms with Gasteiger partial charge in [-0.25, -0.2) is 0 Å². The summed E-state index contributed by atoms with van der Waals surface area (Å²) in [6.07, 6.45) is 3.46. The van der Waals surface area contributed by atoms with Gasteiger partial charge in [0.05, 0.1) is 0 Å². The highest BCUT2D eigenvalue weighted by atomic mass is 14.9. The molecule has 1 saturated carbocycles. The molecule has 1 nitrogen and oxygen atoms in total. The molecule has 1 aromatic rings. The smallest absolute Gasteiger partial charge is 0.0445 e. The molecule has 1 fully saturated rings. The summed E-state index contributed by atoms with van der Waals surface area (Å²) in [5, 5.41) is 0. The Balaban J connectivity index is 2.33. The van der Waals surface area contributed by atoms with Crippen molar-refractivity contribution in [3.63, 3.8) is 0 Å². The Morgan fingerprint density at radius 1 is 1.36 bits per heavy atom.